The van der Waals surface area contributed by atoms with Crippen LogP contribution in [0.25, 0.3) is 0 Å². The Kier molecular flexibility index (Phi) is 4.88. The van der Waals surface area contributed by atoms with E-state index in [1.165, 1.54) is 0 Å². The molecule has 23 heavy (non-hydrogen) atoms. The zero-order valence-electron chi connectivity index (χ0n) is 13.0. The number of nitrogens with zero attached hydrogens (tertiary/aromatic N) is 2. The molecular formula is C18H21N3O2. The molecule has 0 saturated carbocycles. The molecule has 2 heterocycles. The first-order valence-corrected chi connectivity index (χ1v) is 7.90. The molecule has 1 atom stereocenters. The van der Waals surface area contributed by atoms with Gasteiger partial charge < -0.3 is 15.4 Å². The summed E-state index contributed by atoms with van der Waals surface area (Å²) in [4.78, 5) is 18.3. The average Bonchev–Trinajstić information content (AvgIpc) is 2.63. The van der Waals surface area contributed by atoms with E-state index in [1.54, 1.807) is 12.4 Å². The molecule has 0 aliphatic carbocycles. The standard InChI is InChI=1S/C18H21N3O2/c19-17(14-4-2-1-3-5-14)18(22)21-12-8-16(9-13-21)23-15-6-10-20-11-7-15/h1-7,10-11,16-17H,8-9,12-13,19H2/t17-/m1/s1. The number of benzene rings is 1. The topological polar surface area (TPSA) is 68.5 Å². The number of rotatable bonds is 4. The maximum absolute atomic E-state index is 12.5. The number of pyridine rings is 1. The van der Waals surface area contributed by atoms with Crippen molar-refractivity contribution >= 4 is 5.91 Å². The smallest absolute Gasteiger partial charge is 0.244 e. The first kappa shape index (κ1) is 15.5. The third kappa shape index (κ3) is 3.87. The van der Waals surface area contributed by atoms with Crippen LogP contribution in [-0.4, -0.2) is 35.0 Å². The number of piperidine rings is 1. The van der Waals surface area contributed by atoms with E-state index >= 15 is 0 Å². The van der Waals surface area contributed by atoms with Crippen molar-refractivity contribution in [2.24, 2.45) is 5.73 Å². The summed E-state index contributed by atoms with van der Waals surface area (Å²) in [7, 11) is 0. The van der Waals surface area contributed by atoms with Crippen LogP contribution in [0.15, 0.2) is 54.9 Å². The fourth-order valence-corrected chi connectivity index (χ4v) is 2.80. The average molecular weight is 311 g/mol. The minimum atomic E-state index is -0.589. The van der Waals surface area contributed by atoms with Crippen LogP contribution in [-0.2, 0) is 4.79 Å². The molecule has 1 aromatic carbocycles. The lowest BCUT2D eigenvalue weighted by Crippen LogP contribution is -2.45. The Morgan fingerprint density at radius 1 is 1.13 bits per heavy atom. The highest BCUT2D eigenvalue weighted by Crippen LogP contribution is 2.20. The summed E-state index contributed by atoms with van der Waals surface area (Å²) in [5.41, 5.74) is 6.95. The summed E-state index contributed by atoms with van der Waals surface area (Å²) in [6, 6.07) is 12.6. The Hall–Kier alpha value is -2.40. The Morgan fingerprint density at radius 2 is 1.78 bits per heavy atom. The number of carbonyl (C=O) groups excluding carboxylic acids is 1. The van der Waals surface area contributed by atoms with E-state index in [0.29, 0.717) is 13.1 Å². The summed E-state index contributed by atoms with van der Waals surface area (Å²) in [6.45, 7) is 1.35. The van der Waals surface area contributed by atoms with E-state index in [4.69, 9.17) is 10.5 Å². The normalized spacial score (nSPS) is 16.8. The first-order valence-electron chi connectivity index (χ1n) is 7.90. The van der Waals surface area contributed by atoms with Crippen molar-refractivity contribution in [1.82, 2.24) is 9.88 Å². The molecule has 1 aromatic heterocycles. The molecule has 5 nitrogen and oxygen atoms in total. The van der Waals surface area contributed by atoms with Gasteiger partial charge in [0.25, 0.3) is 0 Å². The SMILES string of the molecule is N[C@@H](C(=O)N1CCC(Oc2ccncc2)CC1)c1ccccc1. The van der Waals surface area contributed by atoms with Gasteiger partial charge in [0.05, 0.1) is 0 Å². The molecule has 3 rings (SSSR count). The van der Waals surface area contributed by atoms with Gasteiger partial charge in [-0.1, -0.05) is 30.3 Å². The number of hydrogen-bond acceptors (Lipinski definition) is 4. The zero-order valence-corrected chi connectivity index (χ0v) is 13.0. The van der Waals surface area contributed by atoms with Gasteiger partial charge in [-0.15, -0.1) is 0 Å². The predicted molar refractivity (Wildman–Crippen MR) is 87.8 cm³/mol. The minimum Gasteiger partial charge on any atom is -0.490 e. The van der Waals surface area contributed by atoms with Crippen molar-refractivity contribution in [2.45, 2.75) is 25.0 Å². The van der Waals surface area contributed by atoms with Crippen molar-refractivity contribution in [3.05, 3.63) is 60.4 Å². The first-order chi connectivity index (χ1) is 11.2. The van der Waals surface area contributed by atoms with Gasteiger partial charge in [0.1, 0.15) is 17.9 Å². The summed E-state index contributed by atoms with van der Waals surface area (Å²) in [5, 5.41) is 0. The molecular weight excluding hydrogens is 290 g/mol. The highest BCUT2D eigenvalue weighted by atomic mass is 16.5. The van der Waals surface area contributed by atoms with Gasteiger partial charge in [-0.2, -0.15) is 0 Å². The van der Waals surface area contributed by atoms with Crippen molar-refractivity contribution < 1.29 is 9.53 Å². The predicted octanol–water partition coefficient (Wildman–Crippen LogP) is 2.15. The quantitative estimate of drug-likeness (QED) is 0.939. The molecule has 1 amide bonds. The second kappa shape index (κ2) is 7.24. The van der Waals surface area contributed by atoms with E-state index in [0.717, 1.165) is 24.2 Å². The van der Waals surface area contributed by atoms with Crippen LogP contribution in [0.3, 0.4) is 0 Å². The minimum absolute atomic E-state index is 0.0152. The number of aromatic nitrogens is 1. The van der Waals surface area contributed by atoms with E-state index in [-0.39, 0.29) is 12.0 Å². The largest absolute Gasteiger partial charge is 0.490 e. The van der Waals surface area contributed by atoms with Gasteiger partial charge in [0.15, 0.2) is 0 Å². The van der Waals surface area contributed by atoms with E-state index in [9.17, 15) is 4.79 Å². The number of hydrogen-bond donors (Lipinski definition) is 1. The van der Waals surface area contributed by atoms with Crippen LogP contribution in [0.1, 0.15) is 24.4 Å². The molecule has 1 aliphatic heterocycles. The maximum atomic E-state index is 12.5. The Balaban J connectivity index is 1.53. The van der Waals surface area contributed by atoms with Crippen molar-refractivity contribution in [3.63, 3.8) is 0 Å². The Morgan fingerprint density at radius 3 is 2.43 bits per heavy atom. The molecule has 1 fully saturated rings. The Labute approximate surface area is 136 Å². The number of nitrogens with two attached hydrogens (primary N) is 1. The van der Waals surface area contributed by atoms with Gasteiger partial charge >= 0.3 is 0 Å². The highest BCUT2D eigenvalue weighted by Gasteiger charge is 2.27. The second-order valence-corrected chi connectivity index (χ2v) is 5.71. The Bertz CT molecular complexity index is 625. The van der Waals surface area contributed by atoms with Gasteiger partial charge in [0, 0.05) is 38.3 Å². The van der Waals surface area contributed by atoms with E-state index in [2.05, 4.69) is 4.98 Å². The lowest BCUT2D eigenvalue weighted by molar-refractivity contribution is -0.134. The molecule has 2 aromatic rings. The zero-order chi connectivity index (χ0) is 16.1. The maximum Gasteiger partial charge on any atom is 0.244 e. The molecule has 0 unspecified atom stereocenters. The van der Waals surface area contributed by atoms with Gasteiger partial charge in [-0.3, -0.25) is 9.78 Å². The third-order valence-electron chi connectivity index (χ3n) is 4.13. The molecule has 1 aliphatic rings. The molecule has 120 valence electrons. The van der Waals surface area contributed by atoms with Crippen LogP contribution in [0.2, 0.25) is 0 Å². The van der Waals surface area contributed by atoms with E-state index in [1.807, 2.05) is 47.4 Å². The van der Waals surface area contributed by atoms with E-state index < -0.39 is 6.04 Å². The van der Waals surface area contributed by atoms with Gasteiger partial charge in [-0.25, -0.2) is 0 Å². The summed E-state index contributed by atoms with van der Waals surface area (Å²) < 4.78 is 5.92. The third-order valence-corrected chi connectivity index (χ3v) is 4.13. The highest BCUT2D eigenvalue weighted by molar-refractivity contribution is 5.83. The fraction of sp³-hybridized carbons (Fsp3) is 0.333. The fourth-order valence-electron chi connectivity index (χ4n) is 2.80. The van der Waals surface area contributed by atoms with Crippen molar-refractivity contribution in [3.8, 4) is 5.75 Å². The lowest BCUT2D eigenvalue weighted by Gasteiger charge is -2.33. The molecule has 0 radical (unpaired) electrons. The molecule has 2 N–H and O–H groups in total. The van der Waals surface area contributed by atoms with Crippen LogP contribution in [0.5, 0.6) is 5.75 Å². The second-order valence-electron chi connectivity index (χ2n) is 5.71. The van der Waals surface area contributed by atoms with Crippen LogP contribution in [0, 0.1) is 0 Å². The molecule has 0 spiro atoms. The molecule has 5 heteroatoms. The number of carbonyl (C=O) groups is 1. The number of amides is 1. The summed E-state index contributed by atoms with van der Waals surface area (Å²) in [5.74, 6) is 0.810. The van der Waals surface area contributed by atoms with Crippen LogP contribution >= 0.6 is 0 Å². The van der Waals surface area contributed by atoms with Gasteiger partial charge in [0.2, 0.25) is 5.91 Å². The number of likely N-dealkylation sites (tertiary alicyclic amines) is 1. The lowest BCUT2D eigenvalue weighted by atomic mass is 10.0. The summed E-state index contributed by atoms with van der Waals surface area (Å²) >= 11 is 0. The molecule has 0 bridgehead atoms. The summed E-state index contributed by atoms with van der Waals surface area (Å²) in [6.07, 6.45) is 5.19. The van der Waals surface area contributed by atoms with Crippen molar-refractivity contribution in [2.75, 3.05) is 13.1 Å². The molecule has 1 saturated heterocycles. The van der Waals surface area contributed by atoms with Gasteiger partial charge in [-0.05, 0) is 17.7 Å². The monoisotopic (exact) mass is 311 g/mol. The van der Waals surface area contributed by atoms with Crippen LogP contribution in [0.4, 0.5) is 0 Å². The number of ether oxygens (including phenoxy) is 1. The van der Waals surface area contributed by atoms with Crippen molar-refractivity contribution in [1.29, 1.82) is 0 Å². The van der Waals surface area contributed by atoms with Crippen LogP contribution < -0.4 is 10.5 Å².